The summed E-state index contributed by atoms with van der Waals surface area (Å²) >= 11 is 1.23. The zero-order valence-electron chi connectivity index (χ0n) is 12.1. The van der Waals surface area contributed by atoms with Gasteiger partial charge in [-0.3, -0.25) is 9.71 Å². The van der Waals surface area contributed by atoms with Gasteiger partial charge < -0.3 is 5.32 Å². The van der Waals surface area contributed by atoms with Crippen LogP contribution >= 0.6 is 11.3 Å². The maximum absolute atomic E-state index is 12.3. The van der Waals surface area contributed by atoms with Crippen LogP contribution in [0.15, 0.2) is 34.0 Å². The Morgan fingerprint density at radius 2 is 2.19 bits per heavy atom. The van der Waals surface area contributed by atoms with E-state index in [0.717, 1.165) is 18.5 Å². The first-order chi connectivity index (χ1) is 10.0. The Morgan fingerprint density at radius 1 is 1.38 bits per heavy atom. The Hall–Kier alpha value is -1.44. The Balaban J connectivity index is 2.11. The van der Waals surface area contributed by atoms with Crippen molar-refractivity contribution in [2.75, 3.05) is 11.3 Å². The highest BCUT2D eigenvalue weighted by Gasteiger charge is 2.17. The molecule has 2 N–H and O–H groups in total. The molecule has 114 valence electrons. The van der Waals surface area contributed by atoms with Gasteiger partial charge in [-0.2, -0.15) is 0 Å². The van der Waals surface area contributed by atoms with E-state index in [9.17, 15) is 8.42 Å². The third-order valence-electron chi connectivity index (χ3n) is 2.90. The molecule has 0 saturated heterocycles. The van der Waals surface area contributed by atoms with Gasteiger partial charge in [0.05, 0.1) is 11.4 Å². The van der Waals surface area contributed by atoms with E-state index in [1.807, 2.05) is 5.38 Å². The van der Waals surface area contributed by atoms with E-state index in [-0.39, 0.29) is 0 Å². The molecular weight excluding hydrogens is 306 g/mol. The molecule has 0 aliphatic rings. The molecular formula is C14H19N3O2S2. The number of nitrogens with one attached hydrogen (secondary N) is 2. The first kappa shape index (κ1) is 15.9. The van der Waals surface area contributed by atoms with Gasteiger partial charge in [-0.15, -0.1) is 11.3 Å². The molecule has 0 unspecified atom stereocenters. The average molecular weight is 325 g/mol. The van der Waals surface area contributed by atoms with Crippen LogP contribution in [0.1, 0.15) is 24.6 Å². The quantitative estimate of drug-likeness (QED) is 0.768. The van der Waals surface area contributed by atoms with Gasteiger partial charge in [-0.25, -0.2) is 8.42 Å². The standard InChI is InChI=1S/C14H19N3O2S2/c1-3-6-15-9-12-8-14(20-10-12)21(18,19)17-13-5-4-7-16-11(13)2/h4-5,7-8,10,15,17H,3,6,9H2,1-2H3. The second-order valence-electron chi connectivity index (χ2n) is 4.69. The second-order valence-corrected chi connectivity index (χ2v) is 7.51. The van der Waals surface area contributed by atoms with E-state index in [1.165, 1.54) is 11.3 Å². The number of sulfonamides is 1. The molecule has 5 nitrogen and oxygen atoms in total. The van der Waals surface area contributed by atoms with Crippen LogP contribution < -0.4 is 10.0 Å². The largest absolute Gasteiger partial charge is 0.313 e. The van der Waals surface area contributed by atoms with Crippen molar-refractivity contribution in [2.45, 2.75) is 31.0 Å². The number of hydrogen-bond donors (Lipinski definition) is 2. The molecule has 0 radical (unpaired) electrons. The number of anilines is 1. The lowest BCUT2D eigenvalue weighted by molar-refractivity contribution is 0.603. The summed E-state index contributed by atoms with van der Waals surface area (Å²) in [4.78, 5) is 4.08. The summed E-state index contributed by atoms with van der Waals surface area (Å²) in [5.41, 5.74) is 2.15. The fraction of sp³-hybridized carbons (Fsp3) is 0.357. The molecule has 2 rings (SSSR count). The first-order valence-corrected chi connectivity index (χ1v) is 9.12. The molecule has 0 saturated carbocycles. The topological polar surface area (TPSA) is 71.1 Å². The van der Waals surface area contributed by atoms with Crippen molar-refractivity contribution >= 4 is 27.0 Å². The zero-order chi connectivity index (χ0) is 15.3. The number of thiophene rings is 1. The van der Waals surface area contributed by atoms with E-state index >= 15 is 0 Å². The highest BCUT2D eigenvalue weighted by atomic mass is 32.2. The van der Waals surface area contributed by atoms with Gasteiger partial charge in [0.2, 0.25) is 0 Å². The summed E-state index contributed by atoms with van der Waals surface area (Å²) in [6, 6.07) is 5.12. The molecule has 2 aromatic heterocycles. The molecule has 0 aliphatic carbocycles. The predicted molar refractivity (Wildman–Crippen MR) is 86.1 cm³/mol. The smallest absolute Gasteiger partial charge is 0.271 e. The molecule has 2 heterocycles. The van der Waals surface area contributed by atoms with Gasteiger partial charge in [0, 0.05) is 12.7 Å². The van der Waals surface area contributed by atoms with E-state index in [4.69, 9.17) is 0 Å². The molecule has 0 atom stereocenters. The number of aryl methyl sites for hydroxylation is 1. The Bertz CT molecular complexity index is 696. The molecule has 0 aliphatic heterocycles. The predicted octanol–water partition coefficient (Wildman–Crippen LogP) is 2.75. The van der Waals surface area contributed by atoms with Gasteiger partial charge in [0.1, 0.15) is 4.21 Å². The molecule has 21 heavy (non-hydrogen) atoms. The summed E-state index contributed by atoms with van der Waals surface area (Å²) in [5.74, 6) is 0. The molecule has 2 aromatic rings. The average Bonchev–Trinajstić information content (AvgIpc) is 2.91. The van der Waals surface area contributed by atoms with Gasteiger partial charge in [-0.05, 0) is 49.0 Å². The summed E-state index contributed by atoms with van der Waals surface area (Å²) < 4.78 is 27.6. The van der Waals surface area contributed by atoms with Crippen LogP contribution in [-0.2, 0) is 16.6 Å². The van der Waals surface area contributed by atoms with Gasteiger partial charge >= 0.3 is 0 Å². The van der Waals surface area contributed by atoms with E-state index in [1.54, 1.807) is 31.3 Å². The maximum atomic E-state index is 12.3. The first-order valence-electron chi connectivity index (χ1n) is 6.75. The normalized spacial score (nSPS) is 11.5. The van der Waals surface area contributed by atoms with E-state index < -0.39 is 10.0 Å². The third kappa shape index (κ3) is 4.26. The van der Waals surface area contributed by atoms with Crippen molar-refractivity contribution in [1.29, 1.82) is 0 Å². The molecule has 0 spiro atoms. The summed E-state index contributed by atoms with van der Waals surface area (Å²) in [6.45, 7) is 5.47. The minimum atomic E-state index is -3.54. The van der Waals surface area contributed by atoms with Crippen molar-refractivity contribution in [2.24, 2.45) is 0 Å². The highest BCUT2D eigenvalue weighted by Crippen LogP contribution is 2.23. The van der Waals surface area contributed by atoms with Crippen molar-refractivity contribution in [3.63, 3.8) is 0 Å². The monoisotopic (exact) mass is 325 g/mol. The van der Waals surface area contributed by atoms with Gasteiger partial charge in [0.15, 0.2) is 0 Å². The number of hydrogen-bond acceptors (Lipinski definition) is 5. The number of pyridine rings is 1. The van der Waals surface area contributed by atoms with Crippen molar-refractivity contribution in [3.05, 3.63) is 41.0 Å². The van der Waals surface area contributed by atoms with Crippen LogP contribution in [0.4, 0.5) is 5.69 Å². The van der Waals surface area contributed by atoms with Gasteiger partial charge in [0.25, 0.3) is 10.0 Å². The van der Waals surface area contributed by atoms with Crippen LogP contribution in [0.25, 0.3) is 0 Å². The van der Waals surface area contributed by atoms with Crippen LogP contribution in [-0.4, -0.2) is 19.9 Å². The molecule has 7 heteroatoms. The summed E-state index contributed by atoms with van der Waals surface area (Å²) in [5, 5.41) is 5.12. The molecule has 0 aromatic carbocycles. The lowest BCUT2D eigenvalue weighted by Crippen LogP contribution is -2.14. The van der Waals surface area contributed by atoms with Gasteiger partial charge in [-0.1, -0.05) is 6.92 Å². The Labute approximate surface area is 129 Å². The molecule has 0 bridgehead atoms. The fourth-order valence-electron chi connectivity index (χ4n) is 1.78. The zero-order valence-corrected chi connectivity index (χ0v) is 13.7. The van der Waals surface area contributed by atoms with E-state index in [2.05, 4.69) is 21.9 Å². The highest BCUT2D eigenvalue weighted by molar-refractivity contribution is 7.94. The Kier molecular flexibility index (Phi) is 5.33. The van der Waals surface area contributed by atoms with E-state index in [0.29, 0.717) is 22.1 Å². The number of aromatic nitrogens is 1. The van der Waals surface area contributed by atoms with Crippen LogP contribution in [0.5, 0.6) is 0 Å². The van der Waals surface area contributed by atoms with Crippen LogP contribution in [0.2, 0.25) is 0 Å². The fourth-order valence-corrected chi connectivity index (χ4v) is 4.11. The van der Waals surface area contributed by atoms with Crippen LogP contribution in [0.3, 0.4) is 0 Å². The minimum absolute atomic E-state index is 0.319. The SMILES string of the molecule is CCCNCc1csc(S(=O)(=O)Nc2cccnc2C)c1. The van der Waals surface area contributed by atoms with Crippen LogP contribution in [0, 0.1) is 6.92 Å². The maximum Gasteiger partial charge on any atom is 0.271 e. The minimum Gasteiger partial charge on any atom is -0.313 e. The lowest BCUT2D eigenvalue weighted by Gasteiger charge is -2.07. The van der Waals surface area contributed by atoms with Crippen molar-refractivity contribution < 1.29 is 8.42 Å². The summed E-state index contributed by atoms with van der Waals surface area (Å²) in [7, 11) is -3.54. The number of rotatable bonds is 7. The Morgan fingerprint density at radius 3 is 2.90 bits per heavy atom. The van der Waals surface area contributed by atoms with Crippen molar-refractivity contribution in [3.8, 4) is 0 Å². The summed E-state index contributed by atoms with van der Waals surface area (Å²) in [6.07, 6.45) is 2.69. The second kappa shape index (κ2) is 7.02. The lowest BCUT2D eigenvalue weighted by atomic mass is 10.3. The third-order valence-corrected chi connectivity index (χ3v) is 5.76. The number of nitrogens with zero attached hydrogens (tertiary/aromatic N) is 1. The molecule has 0 fully saturated rings. The molecule has 0 amide bonds. The van der Waals surface area contributed by atoms with Crippen molar-refractivity contribution in [1.82, 2.24) is 10.3 Å².